The van der Waals surface area contributed by atoms with Crippen LogP contribution in [0, 0.1) is 12.8 Å². The van der Waals surface area contributed by atoms with E-state index >= 15 is 0 Å². The highest BCUT2D eigenvalue weighted by atomic mass is 79.9. The number of halogens is 1. The molecule has 1 amide bonds. The van der Waals surface area contributed by atoms with Crippen LogP contribution >= 0.6 is 15.9 Å². The molecule has 20 heavy (non-hydrogen) atoms. The van der Waals surface area contributed by atoms with Crippen LogP contribution in [-0.2, 0) is 4.74 Å². The summed E-state index contributed by atoms with van der Waals surface area (Å²) >= 11 is 3.50. The molecule has 1 unspecified atom stereocenters. The van der Waals surface area contributed by atoms with Crippen LogP contribution in [0.15, 0.2) is 22.7 Å². The predicted octanol–water partition coefficient (Wildman–Crippen LogP) is 3.64. The van der Waals surface area contributed by atoms with Crippen molar-refractivity contribution in [3.8, 4) is 0 Å². The number of amides is 1. The van der Waals surface area contributed by atoms with Crippen LogP contribution in [0.5, 0.6) is 0 Å². The maximum atomic E-state index is 12.8. The van der Waals surface area contributed by atoms with Crippen molar-refractivity contribution in [1.82, 2.24) is 4.90 Å². The Hall–Kier alpha value is -0.870. The Kier molecular flexibility index (Phi) is 5.22. The standard InChI is InChI=1S/C16H22BrNO2/c1-11-14(5-4-6-15(11)17)16(19)18(9-10-20-3)12(2)13-7-8-13/h4-6,12-13H,7-10H2,1-3H3. The fraction of sp³-hybridized carbons (Fsp3) is 0.562. The lowest BCUT2D eigenvalue weighted by atomic mass is 10.1. The number of rotatable bonds is 6. The van der Waals surface area contributed by atoms with Gasteiger partial charge in [0, 0.05) is 29.7 Å². The Morgan fingerprint density at radius 1 is 1.50 bits per heavy atom. The van der Waals surface area contributed by atoms with Gasteiger partial charge in [0.1, 0.15) is 0 Å². The molecule has 0 aliphatic heterocycles. The van der Waals surface area contributed by atoms with Gasteiger partial charge in [0.2, 0.25) is 0 Å². The molecule has 3 nitrogen and oxygen atoms in total. The summed E-state index contributed by atoms with van der Waals surface area (Å²) in [5, 5.41) is 0. The lowest BCUT2D eigenvalue weighted by molar-refractivity contribution is 0.0594. The summed E-state index contributed by atoms with van der Waals surface area (Å²) in [5.41, 5.74) is 1.78. The molecule has 1 saturated carbocycles. The quantitative estimate of drug-likeness (QED) is 0.791. The number of ether oxygens (including phenoxy) is 1. The van der Waals surface area contributed by atoms with Gasteiger partial charge in [0.15, 0.2) is 0 Å². The molecule has 0 aromatic heterocycles. The van der Waals surface area contributed by atoms with E-state index in [0.717, 1.165) is 15.6 Å². The van der Waals surface area contributed by atoms with E-state index in [4.69, 9.17) is 4.74 Å². The number of carbonyl (C=O) groups is 1. The lowest BCUT2D eigenvalue weighted by Gasteiger charge is -2.30. The van der Waals surface area contributed by atoms with E-state index < -0.39 is 0 Å². The highest BCUT2D eigenvalue weighted by molar-refractivity contribution is 9.10. The first-order valence-corrected chi connectivity index (χ1v) is 7.90. The zero-order chi connectivity index (χ0) is 14.7. The molecule has 1 atom stereocenters. The molecule has 0 N–H and O–H groups in total. The summed E-state index contributed by atoms with van der Waals surface area (Å²) in [6.07, 6.45) is 2.46. The van der Waals surface area contributed by atoms with E-state index in [2.05, 4.69) is 22.9 Å². The first kappa shape index (κ1) is 15.5. The van der Waals surface area contributed by atoms with Crippen LogP contribution < -0.4 is 0 Å². The first-order valence-electron chi connectivity index (χ1n) is 7.11. The minimum absolute atomic E-state index is 0.111. The van der Waals surface area contributed by atoms with Crippen molar-refractivity contribution in [2.75, 3.05) is 20.3 Å². The van der Waals surface area contributed by atoms with Crippen molar-refractivity contribution in [3.63, 3.8) is 0 Å². The van der Waals surface area contributed by atoms with Crippen molar-refractivity contribution >= 4 is 21.8 Å². The molecule has 0 saturated heterocycles. The number of benzene rings is 1. The summed E-state index contributed by atoms with van der Waals surface area (Å²) in [7, 11) is 1.68. The third-order valence-corrected chi connectivity index (χ3v) is 4.95. The second-order valence-electron chi connectivity index (χ2n) is 5.48. The summed E-state index contributed by atoms with van der Waals surface area (Å²) in [4.78, 5) is 14.8. The van der Waals surface area contributed by atoms with Crippen molar-refractivity contribution in [2.24, 2.45) is 5.92 Å². The van der Waals surface area contributed by atoms with Gasteiger partial charge in [0.25, 0.3) is 5.91 Å². The third-order valence-electron chi connectivity index (χ3n) is 4.09. The molecular formula is C16H22BrNO2. The number of methoxy groups -OCH3 is 1. The summed E-state index contributed by atoms with van der Waals surface area (Å²) in [6.45, 7) is 5.36. The molecule has 1 aliphatic rings. The Morgan fingerprint density at radius 3 is 2.80 bits per heavy atom. The van der Waals surface area contributed by atoms with Crippen LogP contribution in [0.3, 0.4) is 0 Å². The van der Waals surface area contributed by atoms with Gasteiger partial charge in [0.05, 0.1) is 6.61 Å². The maximum absolute atomic E-state index is 12.8. The molecule has 0 spiro atoms. The van der Waals surface area contributed by atoms with E-state index in [9.17, 15) is 4.79 Å². The van der Waals surface area contributed by atoms with Crippen molar-refractivity contribution in [2.45, 2.75) is 32.7 Å². The number of carbonyl (C=O) groups excluding carboxylic acids is 1. The minimum Gasteiger partial charge on any atom is -0.383 e. The van der Waals surface area contributed by atoms with Gasteiger partial charge >= 0.3 is 0 Å². The topological polar surface area (TPSA) is 29.5 Å². The molecule has 0 heterocycles. The van der Waals surface area contributed by atoms with Crippen molar-refractivity contribution < 1.29 is 9.53 Å². The summed E-state index contributed by atoms with van der Waals surface area (Å²) in [5.74, 6) is 0.767. The molecule has 0 radical (unpaired) electrons. The Labute approximate surface area is 129 Å². The molecule has 1 aromatic carbocycles. The van der Waals surface area contributed by atoms with Gasteiger partial charge in [-0.3, -0.25) is 4.79 Å². The van der Waals surface area contributed by atoms with Crippen LogP contribution in [0.4, 0.5) is 0 Å². The molecule has 4 heteroatoms. The van der Waals surface area contributed by atoms with Crippen molar-refractivity contribution in [3.05, 3.63) is 33.8 Å². The first-order chi connectivity index (χ1) is 9.56. The molecular weight excluding hydrogens is 318 g/mol. The van der Waals surface area contributed by atoms with Gasteiger partial charge < -0.3 is 9.64 Å². The summed E-state index contributed by atoms with van der Waals surface area (Å²) < 4.78 is 6.14. The van der Waals surface area contributed by atoms with Gasteiger partial charge in [-0.15, -0.1) is 0 Å². The zero-order valence-electron chi connectivity index (χ0n) is 12.4. The van der Waals surface area contributed by atoms with Crippen LogP contribution in [0.2, 0.25) is 0 Å². The van der Waals surface area contributed by atoms with E-state index in [1.54, 1.807) is 7.11 Å². The van der Waals surface area contributed by atoms with Crippen LogP contribution in [0.25, 0.3) is 0 Å². The third kappa shape index (κ3) is 3.41. The molecule has 110 valence electrons. The smallest absolute Gasteiger partial charge is 0.254 e. The van der Waals surface area contributed by atoms with Crippen LogP contribution in [0.1, 0.15) is 35.7 Å². The highest BCUT2D eigenvalue weighted by Gasteiger charge is 2.34. The van der Waals surface area contributed by atoms with E-state index in [0.29, 0.717) is 19.1 Å². The monoisotopic (exact) mass is 339 g/mol. The highest BCUT2D eigenvalue weighted by Crippen LogP contribution is 2.36. The Bertz CT molecular complexity index is 485. The van der Waals surface area contributed by atoms with Gasteiger partial charge in [-0.05, 0) is 50.3 Å². The normalized spacial score (nSPS) is 16.0. The average Bonchev–Trinajstić information content (AvgIpc) is 3.26. The number of hydrogen-bond donors (Lipinski definition) is 0. The van der Waals surface area contributed by atoms with E-state index in [1.165, 1.54) is 12.8 Å². The molecule has 0 bridgehead atoms. The lowest BCUT2D eigenvalue weighted by Crippen LogP contribution is -2.42. The fourth-order valence-corrected chi connectivity index (χ4v) is 2.87. The number of hydrogen-bond acceptors (Lipinski definition) is 2. The minimum atomic E-state index is 0.111. The SMILES string of the molecule is COCCN(C(=O)c1cccc(Br)c1C)C(C)C1CC1. The molecule has 1 aliphatic carbocycles. The van der Waals surface area contributed by atoms with E-state index in [-0.39, 0.29) is 11.9 Å². The van der Waals surface area contributed by atoms with Gasteiger partial charge in [-0.1, -0.05) is 22.0 Å². The Morgan fingerprint density at radius 2 is 2.20 bits per heavy atom. The molecule has 1 fully saturated rings. The van der Waals surface area contributed by atoms with Gasteiger partial charge in [-0.2, -0.15) is 0 Å². The van der Waals surface area contributed by atoms with E-state index in [1.807, 2.05) is 30.0 Å². The largest absolute Gasteiger partial charge is 0.383 e. The predicted molar refractivity (Wildman–Crippen MR) is 84.0 cm³/mol. The maximum Gasteiger partial charge on any atom is 0.254 e. The molecule has 1 aromatic rings. The van der Waals surface area contributed by atoms with Crippen LogP contribution in [-0.4, -0.2) is 37.1 Å². The Balaban J connectivity index is 2.22. The molecule has 2 rings (SSSR count). The fourth-order valence-electron chi connectivity index (χ4n) is 2.51. The van der Waals surface area contributed by atoms with Crippen molar-refractivity contribution in [1.29, 1.82) is 0 Å². The zero-order valence-corrected chi connectivity index (χ0v) is 13.9. The second-order valence-corrected chi connectivity index (χ2v) is 6.34. The summed E-state index contributed by atoms with van der Waals surface area (Å²) in [6, 6.07) is 6.08. The second kappa shape index (κ2) is 6.72. The number of nitrogens with zero attached hydrogens (tertiary/aromatic N) is 1. The van der Waals surface area contributed by atoms with Gasteiger partial charge in [-0.25, -0.2) is 0 Å². The average molecular weight is 340 g/mol.